The number of anilines is 3. The molecule has 1 saturated heterocycles. The van der Waals surface area contributed by atoms with Crippen molar-refractivity contribution in [2.75, 3.05) is 64.7 Å². The van der Waals surface area contributed by atoms with Gasteiger partial charge in [-0.2, -0.15) is 0 Å². The maximum absolute atomic E-state index is 6.17. The van der Waals surface area contributed by atoms with Gasteiger partial charge in [0.05, 0.1) is 44.2 Å². The van der Waals surface area contributed by atoms with E-state index in [2.05, 4.69) is 20.2 Å². The number of rotatable bonds is 8. The number of morpholine rings is 1. The lowest BCUT2D eigenvalue weighted by molar-refractivity contribution is 0.0321. The van der Waals surface area contributed by atoms with Gasteiger partial charge in [0.25, 0.3) is 0 Å². The Kier molecular flexibility index (Phi) is 6.54. The first kappa shape index (κ1) is 21.0. The summed E-state index contributed by atoms with van der Waals surface area (Å²) in [5.41, 5.74) is 8.27. The molecule has 1 aromatic heterocycles. The zero-order valence-corrected chi connectivity index (χ0v) is 17.8. The van der Waals surface area contributed by atoms with E-state index in [-0.39, 0.29) is 0 Å². The van der Waals surface area contributed by atoms with Crippen LogP contribution >= 0.6 is 0 Å². The first-order valence-corrected chi connectivity index (χ1v) is 10.2. The molecule has 0 saturated carbocycles. The summed E-state index contributed by atoms with van der Waals surface area (Å²) >= 11 is 0. The normalized spacial score (nSPS) is 14.4. The Morgan fingerprint density at radius 3 is 2.52 bits per heavy atom. The van der Waals surface area contributed by atoms with Crippen molar-refractivity contribution in [3.05, 3.63) is 36.4 Å². The van der Waals surface area contributed by atoms with Gasteiger partial charge < -0.3 is 30.0 Å². The minimum atomic E-state index is 0.291. The molecule has 2 heterocycles. The lowest BCUT2D eigenvalue weighted by Crippen LogP contribution is -2.38. The summed E-state index contributed by atoms with van der Waals surface area (Å²) in [7, 11) is 3.19. The molecule has 0 unspecified atom stereocenters. The number of fused-ring (bicyclic) bond motifs is 1. The van der Waals surface area contributed by atoms with Gasteiger partial charge in [-0.15, -0.1) is 0 Å². The van der Waals surface area contributed by atoms with Crippen molar-refractivity contribution in [2.24, 2.45) is 0 Å². The fraction of sp³-hybridized carbons (Fsp3) is 0.364. The highest BCUT2D eigenvalue weighted by Gasteiger charge is 2.18. The molecular formula is C22H27N5O4. The van der Waals surface area contributed by atoms with Crippen LogP contribution < -0.4 is 25.3 Å². The van der Waals surface area contributed by atoms with Crippen molar-refractivity contribution in [3.8, 4) is 17.2 Å². The summed E-state index contributed by atoms with van der Waals surface area (Å²) in [6.45, 7) is 4.58. The number of benzene rings is 2. The molecule has 9 heteroatoms. The molecule has 1 aliphatic rings. The summed E-state index contributed by atoms with van der Waals surface area (Å²) in [5, 5.41) is 3.25. The summed E-state index contributed by atoms with van der Waals surface area (Å²) in [5.74, 6) is 2.46. The van der Waals surface area contributed by atoms with E-state index in [0.717, 1.165) is 43.9 Å². The number of nitrogens with one attached hydrogen (secondary N) is 1. The minimum Gasteiger partial charge on any atom is -0.497 e. The number of aromatic nitrogens is 2. The molecule has 9 nitrogen and oxygen atoms in total. The van der Waals surface area contributed by atoms with Crippen molar-refractivity contribution >= 4 is 28.4 Å². The highest BCUT2D eigenvalue weighted by Crippen LogP contribution is 2.41. The second kappa shape index (κ2) is 9.67. The Morgan fingerprint density at radius 1 is 1.06 bits per heavy atom. The van der Waals surface area contributed by atoms with Crippen LogP contribution in [0.5, 0.6) is 17.2 Å². The maximum Gasteiger partial charge on any atom is 0.185 e. The minimum absolute atomic E-state index is 0.291. The van der Waals surface area contributed by atoms with Crippen LogP contribution in [0.1, 0.15) is 0 Å². The van der Waals surface area contributed by atoms with Gasteiger partial charge in [0.15, 0.2) is 23.1 Å². The lowest BCUT2D eigenvalue weighted by atomic mass is 10.2. The Balaban J connectivity index is 1.61. The van der Waals surface area contributed by atoms with Gasteiger partial charge in [-0.1, -0.05) is 12.1 Å². The molecular weight excluding hydrogens is 398 g/mol. The van der Waals surface area contributed by atoms with Crippen molar-refractivity contribution in [2.45, 2.75) is 0 Å². The topological polar surface area (TPSA) is 104 Å². The molecule has 3 N–H and O–H groups in total. The predicted octanol–water partition coefficient (Wildman–Crippen LogP) is 2.68. The van der Waals surface area contributed by atoms with Gasteiger partial charge in [0.1, 0.15) is 12.4 Å². The lowest BCUT2D eigenvalue weighted by Gasteiger charge is -2.26. The molecule has 0 amide bonds. The molecule has 31 heavy (non-hydrogen) atoms. The highest BCUT2D eigenvalue weighted by atomic mass is 16.5. The predicted molar refractivity (Wildman–Crippen MR) is 120 cm³/mol. The van der Waals surface area contributed by atoms with Gasteiger partial charge in [0, 0.05) is 31.8 Å². The Labute approximate surface area is 181 Å². The standard InChI is InChI=1S/C22H27N5O4/c1-28-15-13-18(26-22-21(23)24-16-5-3-4-6-17(16)25-22)20(19(14-15)29-2)31-12-9-27-7-10-30-11-8-27/h3-6,13-14H,7-12H2,1-2H3,(H2,23,24)(H,25,26). The summed E-state index contributed by atoms with van der Waals surface area (Å²) < 4.78 is 22.5. The second-order valence-corrected chi connectivity index (χ2v) is 7.08. The van der Waals surface area contributed by atoms with E-state index in [1.807, 2.05) is 30.3 Å². The highest BCUT2D eigenvalue weighted by molar-refractivity contribution is 5.82. The molecule has 4 rings (SSSR count). The van der Waals surface area contributed by atoms with Gasteiger partial charge in [-0.3, -0.25) is 4.90 Å². The van der Waals surface area contributed by atoms with Gasteiger partial charge >= 0.3 is 0 Å². The Bertz CT molecular complexity index is 1040. The first-order valence-electron chi connectivity index (χ1n) is 10.2. The van der Waals surface area contributed by atoms with Gasteiger partial charge in [-0.05, 0) is 12.1 Å². The number of nitrogens with two attached hydrogens (primary N) is 1. The molecule has 0 bridgehead atoms. The third kappa shape index (κ3) is 4.89. The average molecular weight is 425 g/mol. The third-order valence-electron chi connectivity index (χ3n) is 5.09. The van der Waals surface area contributed by atoms with Crippen LogP contribution in [-0.4, -0.2) is 68.5 Å². The Hall–Kier alpha value is -3.30. The molecule has 0 radical (unpaired) electrons. The number of hydrogen-bond acceptors (Lipinski definition) is 9. The van der Waals surface area contributed by atoms with Crippen LogP contribution in [0.2, 0.25) is 0 Å². The number of nitrogen functional groups attached to an aromatic ring is 1. The van der Waals surface area contributed by atoms with E-state index >= 15 is 0 Å². The van der Waals surface area contributed by atoms with E-state index in [9.17, 15) is 0 Å². The molecule has 2 aromatic carbocycles. The van der Waals surface area contributed by atoms with Crippen molar-refractivity contribution in [1.29, 1.82) is 0 Å². The molecule has 3 aromatic rings. The van der Waals surface area contributed by atoms with E-state index in [1.54, 1.807) is 20.3 Å². The van der Waals surface area contributed by atoms with E-state index in [1.165, 1.54) is 0 Å². The van der Waals surface area contributed by atoms with Crippen LogP contribution in [0.25, 0.3) is 11.0 Å². The zero-order chi connectivity index (χ0) is 21.6. The fourth-order valence-corrected chi connectivity index (χ4v) is 3.42. The average Bonchev–Trinajstić information content (AvgIpc) is 2.80. The molecule has 0 atom stereocenters. The molecule has 0 aliphatic carbocycles. The smallest absolute Gasteiger partial charge is 0.185 e. The van der Waals surface area contributed by atoms with E-state index < -0.39 is 0 Å². The van der Waals surface area contributed by atoms with Crippen molar-refractivity contribution in [1.82, 2.24) is 14.9 Å². The monoisotopic (exact) mass is 425 g/mol. The summed E-state index contributed by atoms with van der Waals surface area (Å²) in [6.07, 6.45) is 0. The van der Waals surface area contributed by atoms with Crippen molar-refractivity contribution < 1.29 is 18.9 Å². The second-order valence-electron chi connectivity index (χ2n) is 7.08. The van der Waals surface area contributed by atoms with Crippen molar-refractivity contribution in [3.63, 3.8) is 0 Å². The number of methoxy groups -OCH3 is 2. The Morgan fingerprint density at radius 2 is 1.81 bits per heavy atom. The first-order chi connectivity index (χ1) is 15.2. The quantitative estimate of drug-likeness (QED) is 0.564. The number of ether oxygens (including phenoxy) is 4. The van der Waals surface area contributed by atoms with Crippen LogP contribution in [0.15, 0.2) is 36.4 Å². The zero-order valence-electron chi connectivity index (χ0n) is 17.8. The van der Waals surface area contributed by atoms with Gasteiger partial charge in [0.2, 0.25) is 0 Å². The molecule has 1 fully saturated rings. The molecule has 164 valence electrons. The van der Waals surface area contributed by atoms with Crippen LogP contribution in [-0.2, 0) is 4.74 Å². The molecule has 1 aliphatic heterocycles. The summed E-state index contributed by atoms with van der Waals surface area (Å²) in [6, 6.07) is 11.2. The number of nitrogens with zero attached hydrogens (tertiary/aromatic N) is 3. The van der Waals surface area contributed by atoms with Gasteiger partial charge in [-0.25, -0.2) is 9.97 Å². The van der Waals surface area contributed by atoms with Crippen LogP contribution in [0, 0.1) is 0 Å². The van der Waals surface area contributed by atoms with Crippen LogP contribution in [0.4, 0.5) is 17.3 Å². The van der Waals surface area contributed by atoms with E-state index in [0.29, 0.717) is 41.2 Å². The van der Waals surface area contributed by atoms with Crippen LogP contribution in [0.3, 0.4) is 0 Å². The number of para-hydroxylation sites is 2. The largest absolute Gasteiger partial charge is 0.497 e. The summed E-state index contributed by atoms with van der Waals surface area (Å²) in [4.78, 5) is 11.4. The number of hydrogen-bond donors (Lipinski definition) is 2. The molecule has 0 spiro atoms. The fourth-order valence-electron chi connectivity index (χ4n) is 3.42. The SMILES string of the molecule is COc1cc(Nc2nc3ccccc3nc2N)c(OCCN2CCOCC2)c(OC)c1. The van der Waals surface area contributed by atoms with E-state index in [4.69, 9.17) is 24.7 Å². The maximum atomic E-state index is 6.17. The third-order valence-corrected chi connectivity index (χ3v) is 5.09.